The fourth-order valence-electron chi connectivity index (χ4n) is 12.3. The van der Waals surface area contributed by atoms with Gasteiger partial charge in [0.15, 0.2) is 0 Å². The molecular weight excluding hydrogens is 883 g/mol. The molecule has 6 nitrogen and oxygen atoms in total. The Hall–Kier alpha value is -9.78. The molecule has 0 fully saturated rings. The summed E-state index contributed by atoms with van der Waals surface area (Å²) in [5.41, 5.74) is 17.6. The second kappa shape index (κ2) is 13.9. The van der Waals surface area contributed by atoms with Crippen LogP contribution in [-0.4, -0.2) is 13.7 Å². The van der Waals surface area contributed by atoms with Crippen LogP contribution in [0.2, 0.25) is 0 Å². The van der Waals surface area contributed by atoms with E-state index in [-0.39, 0.29) is 0 Å². The molecule has 72 heavy (non-hydrogen) atoms. The molecule has 0 saturated heterocycles. The lowest BCUT2D eigenvalue weighted by Gasteiger charge is -2.09. The second-order valence-electron chi connectivity index (χ2n) is 19.2. The Morgan fingerprint density at radius 1 is 0.222 bits per heavy atom. The number of furan rings is 3. The molecule has 6 aromatic heterocycles. The van der Waals surface area contributed by atoms with Gasteiger partial charge in [-0.3, -0.25) is 0 Å². The molecule has 0 aliphatic heterocycles. The van der Waals surface area contributed by atoms with Crippen LogP contribution < -0.4 is 0 Å². The summed E-state index contributed by atoms with van der Waals surface area (Å²) < 4.78 is 27.2. The molecule has 0 spiro atoms. The summed E-state index contributed by atoms with van der Waals surface area (Å²) in [5, 5.41) is 13.4. The van der Waals surface area contributed by atoms with Crippen molar-refractivity contribution in [2.24, 2.45) is 0 Å². The van der Waals surface area contributed by atoms with Gasteiger partial charge < -0.3 is 27.0 Å². The minimum absolute atomic E-state index is 0.868. The van der Waals surface area contributed by atoms with Gasteiger partial charge in [-0.05, 0) is 132 Å². The van der Waals surface area contributed by atoms with E-state index in [0.29, 0.717) is 0 Å². The van der Waals surface area contributed by atoms with E-state index in [2.05, 4.69) is 214 Å². The first-order valence-electron chi connectivity index (χ1n) is 24.5. The molecule has 17 rings (SSSR count). The Balaban J connectivity index is 0.935. The topological polar surface area (TPSA) is 54.2 Å². The highest BCUT2D eigenvalue weighted by Gasteiger charge is 2.24. The average Bonchev–Trinajstić information content (AvgIpc) is 4.29. The zero-order valence-corrected chi connectivity index (χ0v) is 38.4. The number of hydrogen-bond acceptors (Lipinski definition) is 3. The van der Waals surface area contributed by atoms with Gasteiger partial charge in [-0.15, -0.1) is 0 Å². The number of para-hydroxylation sites is 5. The van der Waals surface area contributed by atoms with E-state index in [1.54, 1.807) is 0 Å². The molecule has 17 aromatic rings. The summed E-state index contributed by atoms with van der Waals surface area (Å²) in [6, 6.07) is 80.6. The van der Waals surface area contributed by atoms with E-state index in [0.717, 1.165) is 138 Å². The highest BCUT2D eigenvalue weighted by atomic mass is 16.3. The lowest BCUT2D eigenvalue weighted by Crippen LogP contribution is -1.93. The zero-order valence-electron chi connectivity index (χ0n) is 38.4. The fourth-order valence-corrected chi connectivity index (χ4v) is 12.3. The lowest BCUT2D eigenvalue weighted by atomic mass is 10.00. The molecule has 334 valence electrons. The van der Waals surface area contributed by atoms with Gasteiger partial charge in [-0.2, -0.15) is 0 Å². The first-order valence-corrected chi connectivity index (χ1v) is 24.5. The summed E-state index contributed by atoms with van der Waals surface area (Å²) in [4.78, 5) is 0. The minimum atomic E-state index is 0.868. The SMILES string of the molecule is c1ccc(-n2c3ccccc3c3cc(-c4ccc5c(c4)c4c6oc7c(ccc8c7c7ccccc7n8-c7ccc8oc9ccccc9c8c7)c6ccc4n5-c4ccc5oc6ccccc6c5c4)ccc32)cc1. The van der Waals surface area contributed by atoms with E-state index in [9.17, 15) is 0 Å². The molecule has 11 aromatic carbocycles. The normalized spacial score (nSPS) is 12.4. The van der Waals surface area contributed by atoms with Gasteiger partial charge in [0.25, 0.3) is 0 Å². The molecule has 0 unspecified atom stereocenters. The molecule has 0 atom stereocenters. The Kier molecular flexibility index (Phi) is 7.38. The molecule has 0 amide bonds. The van der Waals surface area contributed by atoms with Crippen LogP contribution in [0.1, 0.15) is 0 Å². The van der Waals surface area contributed by atoms with Crippen LogP contribution in [0.5, 0.6) is 0 Å². The zero-order chi connectivity index (χ0) is 46.8. The maximum Gasteiger partial charge on any atom is 0.145 e. The summed E-state index contributed by atoms with van der Waals surface area (Å²) in [5.74, 6) is 0. The molecule has 0 bridgehead atoms. The summed E-state index contributed by atoms with van der Waals surface area (Å²) in [6.07, 6.45) is 0. The molecule has 6 heterocycles. The van der Waals surface area contributed by atoms with E-state index >= 15 is 0 Å². The van der Waals surface area contributed by atoms with Crippen molar-refractivity contribution < 1.29 is 13.3 Å². The predicted octanol–water partition coefficient (Wildman–Crippen LogP) is 18.3. The summed E-state index contributed by atoms with van der Waals surface area (Å²) in [6.45, 7) is 0. The number of fused-ring (bicyclic) bond motifs is 20. The van der Waals surface area contributed by atoms with E-state index in [4.69, 9.17) is 13.3 Å². The Labute approximate surface area is 408 Å². The minimum Gasteiger partial charge on any atom is -0.456 e. The van der Waals surface area contributed by atoms with Gasteiger partial charge in [0, 0.05) is 70.9 Å². The van der Waals surface area contributed by atoms with Crippen molar-refractivity contribution in [1.29, 1.82) is 0 Å². The van der Waals surface area contributed by atoms with Crippen LogP contribution >= 0.6 is 0 Å². The van der Waals surface area contributed by atoms with Crippen molar-refractivity contribution >= 4 is 131 Å². The van der Waals surface area contributed by atoms with Gasteiger partial charge in [-0.1, -0.05) is 103 Å². The molecule has 0 aliphatic carbocycles. The third-order valence-corrected chi connectivity index (χ3v) is 15.4. The lowest BCUT2D eigenvalue weighted by molar-refractivity contribution is 0.668. The average molecular weight is 920 g/mol. The van der Waals surface area contributed by atoms with E-state index < -0.39 is 0 Å². The fraction of sp³-hybridized carbons (Fsp3) is 0. The maximum atomic E-state index is 7.46. The van der Waals surface area contributed by atoms with Crippen molar-refractivity contribution in [3.8, 4) is 28.2 Å². The van der Waals surface area contributed by atoms with Crippen molar-refractivity contribution in [2.75, 3.05) is 0 Å². The highest BCUT2D eigenvalue weighted by Crippen LogP contribution is 2.47. The standard InChI is InChI=1S/C66H37N3O3/c1-2-12-40(13-3-1)67-53-18-8-4-14-43(53)49-34-38(22-28-55(49)67)39-23-29-56-52(35-39)64-58(69(56)42-25-33-62-51(37-42)45-16-7-11-21-60(45)71-62)31-27-47-46-26-30-57-63(65(46)72-66(47)64)48-17-5-9-19-54(48)68(57)41-24-32-61-50(36-41)44-15-6-10-20-59(44)70-61/h1-37H. The Morgan fingerprint density at radius 3 is 1.26 bits per heavy atom. The highest BCUT2D eigenvalue weighted by molar-refractivity contribution is 6.29. The first-order chi connectivity index (χ1) is 35.7. The van der Waals surface area contributed by atoms with Crippen LogP contribution in [0, 0.1) is 0 Å². The van der Waals surface area contributed by atoms with Gasteiger partial charge in [0.1, 0.15) is 33.5 Å². The van der Waals surface area contributed by atoms with E-state index in [1.807, 2.05) is 24.3 Å². The predicted molar refractivity (Wildman–Crippen MR) is 297 cm³/mol. The molecule has 0 N–H and O–H groups in total. The monoisotopic (exact) mass is 919 g/mol. The largest absolute Gasteiger partial charge is 0.456 e. The number of hydrogen-bond donors (Lipinski definition) is 0. The smallest absolute Gasteiger partial charge is 0.145 e. The number of benzene rings is 11. The summed E-state index contributed by atoms with van der Waals surface area (Å²) >= 11 is 0. The Bertz CT molecular complexity index is 5170. The van der Waals surface area contributed by atoms with Crippen molar-refractivity contribution in [3.05, 3.63) is 224 Å². The first kappa shape index (κ1) is 38.1. The quantitative estimate of drug-likeness (QED) is 0.177. The maximum absolute atomic E-state index is 7.46. The van der Waals surface area contributed by atoms with Gasteiger partial charge >= 0.3 is 0 Å². The van der Waals surface area contributed by atoms with Crippen molar-refractivity contribution in [1.82, 2.24) is 13.7 Å². The Morgan fingerprint density at radius 2 is 0.653 bits per heavy atom. The van der Waals surface area contributed by atoms with E-state index in [1.165, 1.54) is 21.8 Å². The van der Waals surface area contributed by atoms with Crippen LogP contribution in [0.3, 0.4) is 0 Å². The van der Waals surface area contributed by atoms with Gasteiger partial charge in [0.05, 0.1) is 43.9 Å². The molecule has 0 radical (unpaired) electrons. The van der Waals surface area contributed by atoms with Crippen LogP contribution in [0.25, 0.3) is 159 Å². The second-order valence-corrected chi connectivity index (χ2v) is 19.2. The molecular formula is C66H37N3O3. The van der Waals surface area contributed by atoms with Gasteiger partial charge in [-0.25, -0.2) is 0 Å². The number of nitrogens with zero attached hydrogens (tertiary/aromatic N) is 3. The van der Waals surface area contributed by atoms with Crippen LogP contribution in [0.15, 0.2) is 238 Å². The van der Waals surface area contributed by atoms with Gasteiger partial charge in [0.2, 0.25) is 0 Å². The third kappa shape index (κ3) is 5.06. The van der Waals surface area contributed by atoms with Crippen LogP contribution in [-0.2, 0) is 0 Å². The number of rotatable bonds is 4. The van der Waals surface area contributed by atoms with Crippen molar-refractivity contribution in [3.63, 3.8) is 0 Å². The summed E-state index contributed by atoms with van der Waals surface area (Å²) in [7, 11) is 0. The third-order valence-electron chi connectivity index (χ3n) is 15.4. The molecule has 6 heteroatoms. The van der Waals surface area contributed by atoms with Crippen molar-refractivity contribution in [2.45, 2.75) is 0 Å². The molecule has 0 aliphatic rings. The molecule has 0 saturated carbocycles. The number of aromatic nitrogens is 3. The van der Waals surface area contributed by atoms with Crippen LogP contribution in [0.4, 0.5) is 0 Å².